The zero-order valence-electron chi connectivity index (χ0n) is 16.0. The first-order chi connectivity index (χ1) is 14.1. The molecule has 1 amide bonds. The van der Waals surface area contributed by atoms with Gasteiger partial charge >= 0.3 is 0 Å². The topological polar surface area (TPSA) is 97.1 Å². The summed E-state index contributed by atoms with van der Waals surface area (Å²) in [6, 6.07) is 15.1. The molecule has 148 valence electrons. The number of amides is 1. The standard InChI is InChI=1S/C20H19N5O3S/c1-25(11-17-21-15-5-3-4-6-16(15)22-17)18(26)12-29-20-24-23-19(28-20)13-7-9-14(27-2)10-8-13/h3-10H,11-12H2,1-2H3,(H,21,22). The highest BCUT2D eigenvalue weighted by molar-refractivity contribution is 7.99. The summed E-state index contributed by atoms with van der Waals surface area (Å²) < 4.78 is 10.8. The number of imidazole rings is 1. The molecule has 4 aromatic rings. The first-order valence-electron chi connectivity index (χ1n) is 8.90. The van der Waals surface area contributed by atoms with Crippen LogP contribution in [-0.4, -0.2) is 50.9 Å². The van der Waals surface area contributed by atoms with Crippen molar-refractivity contribution in [2.75, 3.05) is 19.9 Å². The van der Waals surface area contributed by atoms with E-state index < -0.39 is 0 Å². The van der Waals surface area contributed by atoms with Crippen molar-refractivity contribution in [2.24, 2.45) is 0 Å². The van der Waals surface area contributed by atoms with Crippen molar-refractivity contribution < 1.29 is 13.9 Å². The van der Waals surface area contributed by atoms with E-state index >= 15 is 0 Å². The van der Waals surface area contributed by atoms with E-state index in [-0.39, 0.29) is 11.7 Å². The largest absolute Gasteiger partial charge is 0.497 e. The van der Waals surface area contributed by atoms with Crippen LogP contribution < -0.4 is 4.74 Å². The normalized spacial score (nSPS) is 11.0. The van der Waals surface area contributed by atoms with Crippen LogP contribution in [0.1, 0.15) is 5.82 Å². The summed E-state index contributed by atoms with van der Waals surface area (Å²) in [5.41, 5.74) is 2.63. The van der Waals surface area contributed by atoms with Gasteiger partial charge in [0.1, 0.15) is 11.6 Å². The van der Waals surface area contributed by atoms with Crippen LogP contribution in [0.25, 0.3) is 22.5 Å². The van der Waals surface area contributed by atoms with Gasteiger partial charge in [-0.3, -0.25) is 4.79 Å². The van der Waals surface area contributed by atoms with Crippen molar-refractivity contribution in [3.05, 3.63) is 54.4 Å². The van der Waals surface area contributed by atoms with Gasteiger partial charge in [-0.05, 0) is 36.4 Å². The van der Waals surface area contributed by atoms with E-state index in [1.807, 2.05) is 48.5 Å². The third-order valence-corrected chi connectivity index (χ3v) is 5.12. The lowest BCUT2D eigenvalue weighted by Crippen LogP contribution is -2.28. The number of H-pyrrole nitrogens is 1. The predicted molar refractivity (Wildman–Crippen MR) is 110 cm³/mol. The van der Waals surface area contributed by atoms with E-state index in [1.54, 1.807) is 19.1 Å². The van der Waals surface area contributed by atoms with Gasteiger partial charge in [0.15, 0.2) is 0 Å². The van der Waals surface area contributed by atoms with Crippen LogP contribution in [0.4, 0.5) is 0 Å². The lowest BCUT2D eigenvalue weighted by molar-refractivity contribution is -0.127. The van der Waals surface area contributed by atoms with Crippen LogP contribution in [0.5, 0.6) is 5.75 Å². The molecule has 0 aliphatic rings. The Hall–Kier alpha value is -3.33. The second kappa shape index (κ2) is 8.36. The Morgan fingerprint density at radius 1 is 1.17 bits per heavy atom. The minimum Gasteiger partial charge on any atom is -0.497 e. The van der Waals surface area contributed by atoms with E-state index in [4.69, 9.17) is 9.15 Å². The summed E-state index contributed by atoms with van der Waals surface area (Å²) in [6.07, 6.45) is 0. The highest BCUT2D eigenvalue weighted by Gasteiger charge is 2.15. The molecule has 0 aliphatic carbocycles. The van der Waals surface area contributed by atoms with Crippen LogP contribution in [0.2, 0.25) is 0 Å². The number of carbonyl (C=O) groups excluding carboxylic acids is 1. The van der Waals surface area contributed by atoms with Gasteiger partial charge in [-0.15, -0.1) is 10.2 Å². The Labute approximate surface area is 171 Å². The number of nitrogens with one attached hydrogen (secondary N) is 1. The summed E-state index contributed by atoms with van der Waals surface area (Å²) in [4.78, 5) is 21.8. The molecule has 4 rings (SSSR count). The molecule has 0 saturated heterocycles. The molecular weight excluding hydrogens is 390 g/mol. The third kappa shape index (κ3) is 4.40. The molecule has 9 heteroatoms. The number of aromatic amines is 1. The van der Waals surface area contributed by atoms with Crippen molar-refractivity contribution in [1.29, 1.82) is 0 Å². The summed E-state index contributed by atoms with van der Waals surface area (Å²) in [7, 11) is 3.35. The number of aromatic nitrogens is 4. The predicted octanol–water partition coefficient (Wildman–Crippen LogP) is 3.37. The number of rotatable bonds is 7. The number of carbonyl (C=O) groups is 1. The molecule has 2 heterocycles. The Bertz CT molecular complexity index is 1090. The van der Waals surface area contributed by atoms with Gasteiger partial charge in [-0.2, -0.15) is 0 Å². The quantitative estimate of drug-likeness (QED) is 0.467. The lowest BCUT2D eigenvalue weighted by Gasteiger charge is -2.14. The first kappa shape index (κ1) is 19.0. The van der Waals surface area contributed by atoms with Gasteiger partial charge in [-0.1, -0.05) is 23.9 Å². The highest BCUT2D eigenvalue weighted by Crippen LogP contribution is 2.25. The molecule has 1 N–H and O–H groups in total. The van der Waals surface area contributed by atoms with E-state index in [1.165, 1.54) is 11.8 Å². The van der Waals surface area contributed by atoms with Crippen LogP contribution in [-0.2, 0) is 11.3 Å². The number of hydrogen-bond donors (Lipinski definition) is 1. The van der Waals surface area contributed by atoms with Gasteiger partial charge in [0, 0.05) is 12.6 Å². The fraction of sp³-hybridized carbons (Fsp3) is 0.200. The molecule has 2 aromatic heterocycles. The smallest absolute Gasteiger partial charge is 0.277 e. The number of hydrogen-bond acceptors (Lipinski definition) is 7. The van der Waals surface area contributed by atoms with Gasteiger partial charge in [-0.25, -0.2) is 4.98 Å². The SMILES string of the molecule is COc1ccc(-c2nnc(SCC(=O)N(C)Cc3nc4ccccc4[nH]3)o2)cc1. The van der Waals surface area contributed by atoms with Crippen LogP contribution in [0, 0.1) is 0 Å². The first-order valence-corrected chi connectivity index (χ1v) is 9.89. The van der Waals surface area contributed by atoms with Gasteiger partial charge in [0.25, 0.3) is 5.22 Å². The average Bonchev–Trinajstić information content (AvgIpc) is 3.38. The Balaban J connectivity index is 1.33. The number of ether oxygens (including phenoxy) is 1. The zero-order chi connectivity index (χ0) is 20.2. The molecule has 0 bridgehead atoms. The number of para-hydroxylation sites is 2. The van der Waals surface area contributed by atoms with E-state index in [2.05, 4.69) is 20.2 Å². The number of nitrogens with zero attached hydrogens (tertiary/aromatic N) is 4. The highest BCUT2D eigenvalue weighted by atomic mass is 32.2. The maximum atomic E-state index is 12.4. The molecule has 2 aromatic carbocycles. The Morgan fingerprint density at radius 2 is 1.97 bits per heavy atom. The van der Waals surface area contributed by atoms with Crippen LogP contribution >= 0.6 is 11.8 Å². The zero-order valence-corrected chi connectivity index (χ0v) is 16.8. The second-order valence-electron chi connectivity index (χ2n) is 6.34. The second-order valence-corrected chi connectivity index (χ2v) is 7.27. The van der Waals surface area contributed by atoms with E-state index in [9.17, 15) is 4.79 Å². The molecule has 8 nitrogen and oxygen atoms in total. The fourth-order valence-electron chi connectivity index (χ4n) is 2.75. The molecule has 0 atom stereocenters. The fourth-order valence-corrected chi connectivity index (χ4v) is 3.45. The minimum atomic E-state index is -0.0559. The maximum Gasteiger partial charge on any atom is 0.277 e. The van der Waals surface area contributed by atoms with Crippen molar-refractivity contribution >= 4 is 28.7 Å². The van der Waals surface area contributed by atoms with Crippen molar-refractivity contribution in [3.63, 3.8) is 0 Å². The number of methoxy groups -OCH3 is 1. The van der Waals surface area contributed by atoms with Gasteiger partial charge in [0.05, 0.1) is 30.4 Å². The van der Waals surface area contributed by atoms with E-state index in [0.717, 1.165) is 28.2 Å². The van der Waals surface area contributed by atoms with Gasteiger partial charge in [0.2, 0.25) is 11.8 Å². The molecule has 0 saturated carbocycles. The summed E-state index contributed by atoms with van der Waals surface area (Å²) in [5, 5.41) is 8.39. The van der Waals surface area contributed by atoms with Crippen LogP contribution in [0.3, 0.4) is 0 Å². The molecule has 0 unspecified atom stereocenters. The summed E-state index contributed by atoms with van der Waals surface area (Å²) >= 11 is 1.21. The molecule has 0 fully saturated rings. The molecule has 0 spiro atoms. The minimum absolute atomic E-state index is 0.0559. The lowest BCUT2D eigenvalue weighted by atomic mass is 10.2. The molecule has 0 aliphatic heterocycles. The summed E-state index contributed by atoms with van der Waals surface area (Å²) in [5.74, 6) is 2.03. The number of fused-ring (bicyclic) bond motifs is 1. The van der Waals surface area contributed by atoms with Crippen molar-refractivity contribution in [2.45, 2.75) is 11.8 Å². The summed E-state index contributed by atoms with van der Waals surface area (Å²) in [6.45, 7) is 0.398. The van der Waals surface area contributed by atoms with E-state index in [0.29, 0.717) is 17.7 Å². The van der Waals surface area contributed by atoms with Crippen LogP contribution in [0.15, 0.2) is 58.2 Å². The average molecular weight is 409 g/mol. The number of benzene rings is 2. The molecular formula is C20H19N5O3S. The molecule has 29 heavy (non-hydrogen) atoms. The number of thioether (sulfide) groups is 1. The Morgan fingerprint density at radius 3 is 2.72 bits per heavy atom. The molecule has 0 radical (unpaired) electrons. The Kier molecular flexibility index (Phi) is 5.48. The van der Waals surface area contributed by atoms with Gasteiger partial charge < -0.3 is 19.0 Å². The third-order valence-electron chi connectivity index (χ3n) is 4.31. The van der Waals surface area contributed by atoms with Crippen molar-refractivity contribution in [1.82, 2.24) is 25.1 Å². The maximum absolute atomic E-state index is 12.4. The monoisotopic (exact) mass is 409 g/mol. The van der Waals surface area contributed by atoms with Crippen molar-refractivity contribution in [3.8, 4) is 17.2 Å².